The normalized spacial score (nSPS) is 10.8. The van der Waals surface area contributed by atoms with Crippen LogP contribution in [-0.4, -0.2) is 42.8 Å². The summed E-state index contributed by atoms with van der Waals surface area (Å²) in [6, 6.07) is 7.81. The number of hydrogen-bond acceptors (Lipinski definition) is 3. The SMILES string of the molecule is CSCCN(C)CCC(=O)c1ccc(C)cc1. The molecular weight excluding hydrogens is 230 g/mol. The summed E-state index contributed by atoms with van der Waals surface area (Å²) in [6.07, 6.45) is 2.71. The second-order valence-corrected chi connectivity index (χ2v) is 5.32. The minimum atomic E-state index is 0.237. The molecule has 0 saturated carbocycles. The van der Waals surface area contributed by atoms with Crippen LogP contribution in [0.15, 0.2) is 24.3 Å². The fourth-order valence-electron chi connectivity index (χ4n) is 1.54. The standard InChI is InChI=1S/C14H21NOS/c1-12-4-6-13(7-5-12)14(16)8-9-15(2)10-11-17-3/h4-7H,8-11H2,1-3H3. The van der Waals surface area contributed by atoms with E-state index >= 15 is 0 Å². The van der Waals surface area contributed by atoms with Gasteiger partial charge in [-0.1, -0.05) is 29.8 Å². The van der Waals surface area contributed by atoms with E-state index in [1.165, 1.54) is 5.56 Å². The quantitative estimate of drug-likeness (QED) is 0.695. The van der Waals surface area contributed by atoms with Crippen LogP contribution in [-0.2, 0) is 0 Å². The van der Waals surface area contributed by atoms with E-state index in [1.807, 2.05) is 43.0 Å². The molecule has 3 heteroatoms. The van der Waals surface area contributed by atoms with Crippen LogP contribution in [0.25, 0.3) is 0 Å². The Morgan fingerprint density at radius 3 is 2.47 bits per heavy atom. The van der Waals surface area contributed by atoms with Crippen molar-refractivity contribution in [1.82, 2.24) is 4.90 Å². The molecule has 0 aliphatic rings. The van der Waals surface area contributed by atoms with Crippen molar-refractivity contribution in [3.63, 3.8) is 0 Å². The van der Waals surface area contributed by atoms with Crippen molar-refractivity contribution in [2.75, 3.05) is 32.1 Å². The molecule has 0 radical (unpaired) electrons. The number of Topliss-reactive ketones (excluding diaryl/α,β-unsaturated/α-hetero) is 1. The van der Waals surface area contributed by atoms with Crippen molar-refractivity contribution in [3.05, 3.63) is 35.4 Å². The van der Waals surface area contributed by atoms with Crippen LogP contribution in [0.2, 0.25) is 0 Å². The third-order valence-corrected chi connectivity index (χ3v) is 3.36. The predicted molar refractivity (Wildman–Crippen MR) is 76.0 cm³/mol. The maximum Gasteiger partial charge on any atom is 0.164 e. The molecule has 1 aromatic rings. The van der Waals surface area contributed by atoms with Crippen LogP contribution >= 0.6 is 11.8 Å². The smallest absolute Gasteiger partial charge is 0.164 e. The Bertz CT molecular complexity index is 348. The van der Waals surface area contributed by atoms with Gasteiger partial charge in [0.2, 0.25) is 0 Å². The molecule has 2 nitrogen and oxygen atoms in total. The van der Waals surface area contributed by atoms with E-state index in [0.717, 1.165) is 24.4 Å². The Labute approximate surface area is 108 Å². The number of hydrogen-bond donors (Lipinski definition) is 0. The first-order valence-corrected chi connectivity index (χ1v) is 7.30. The average molecular weight is 251 g/mol. The number of carbonyl (C=O) groups excluding carboxylic acids is 1. The molecule has 0 amide bonds. The lowest BCUT2D eigenvalue weighted by Gasteiger charge is -2.15. The monoisotopic (exact) mass is 251 g/mol. The van der Waals surface area contributed by atoms with Gasteiger partial charge in [0.05, 0.1) is 0 Å². The van der Waals surface area contributed by atoms with Crippen LogP contribution < -0.4 is 0 Å². The van der Waals surface area contributed by atoms with Crippen LogP contribution in [0.3, 0.4) is 0 Å². The number of rotatable bonds is 7. The summed E-state index contributed by atoms with van der Waals surface area (Å²) in [4.78, 5) is 14.1. The highest BCUT2D eigenvalue weighted by molar-refractivity contribution is 7.98. The van der Waals surface area contributed by atoms with Gasteiger partial charge in [0.25, 0.3) is 0 Å². The van der Waals surface area contributed by atoms with Crippen molar-refractivity contribution in [3.8, 4) is 0 Å². The number of benzene rings is 1. The van der Waals surface area contributed by atoms with Gasteiger partial charge in [0.1, 0.15) is 0 Å². The van der Waals surface area contributed by atoms with Gasteiger partial charge in [-0.25, -0.2) is 0 Å². The van der Waals surface area contributed by atoms with Gasteiger partial charge in [0.15, 0.2) is 5.78 Å². The van der Waals surface area contributed by atoms with Crippen molar-refractivity contribution >= 4 is 17.5 Å². The van der Waals surface area contributed by atoms with E-state index in [9.17, 15) is 4.79 Å². The Balaban J connectivity index is 2.36. The Morgan fingerprint density at radius 1 is 1.24 bits per heavy atom. The van der Waals surface area contributed by atoms with Crippen molar-refractivity contribution in [2.24, 2.45) is 0 Å². The summed E-state index contributed by atoms with van der Waals surface area (Å²) >= 11 is 1.84. The van der Waals surface area contributed by atoms with Crippen molar-refractivity contribution < 1.29 is 4.79 Å². The molecule has 0 N–H and O–H groups in total. The lowest BCUT2D eigenvalue weighted by Crippen LogP contribution is -2.24. The van der Waals surface area contributed by atoms with Gasteiger partial charge < -0.3 is 4.90 Å². The molecule has 0 atom stereocenters. The summed E-state index contributed by atoms with van der Waals surface area (Å²) in [7, 11) is 2.07. The molecule has 94 valence electrons. The highest BCUT2D eigenvalue weighted by Gasteiger charge is 2.06. The number of thioether (sulfide) groups is 1. The molecule has 0 aliphatic carbocycles. The van der Waals surface area contributed by atoms with Crippen LogP contribution in [0.4, 0.5) is 0 Å². The Kier molecular flexibility index (Phi) is 6.30. The predicted octanol–water partition coefficient (Wildman–Crippen LogP) is 2.86. The zero-order valence-corrected chi connectivity index (χ0v) is 11.7. The number of nitrogens with zero attached hydrogens (tertiary/aromatic N) is 1. The van der Waals surface area contributed by atoms with Gasteiger partial charge in [-0.15, -0.1) is 0 Å². The zero-order valence-electron chi connectivity index (χ0n) is 10.9. The second kappa shape index (κ2) is 7.51. The molecule has 0 saturated heterocycles. The first-order valence-electron chi connectivity index (χ1n) is 5.91. The number of aryl methyl sites for hydroxylation is 1. The Hall–Kier alpha value is -0.800. The molecule has 0 bridgehead atoms. The van der Waals surface area contributed by atoms with E-state index in [4.69, 9.17) is 0 Å². The third-order valence-electron chi connectivity index (χ3n) is 2.77. The summed E-state index contributed by atoms with van der Waals surface area (Å²) in [5.74, 6) is 1.36. The van der Waals surface area contributed by atoms with Gasteiger partial charge in [-0.3, -0.25) is 4.79 Å². The Morgan fingerprint density at radius 2 is 1.88 bits per heavy atom. The lowest BCUT2D eigenvalue weighted by molar-refractivity contribution is 0.0970. The molecule has 0 aliphatic heterocycles. The minimum Gasteiger partial charge on any atom is -0.305 e. The van der Waals surface area contributed by atoms with Gasteiger partial charge >= 0.3 is 0 Å². The average Bonchev–Trinajstić information content (AvgIpc) is 2.34. The lowest BCUT2D eigenvalue weighted by atomic mass is 10.1. The van der Waals surface area contributed by atoms with Crippen LogP contribution in [0.5, 0.6) is 0 Å². The molecule has 0 unspecified atom stereocenters. The van der Waals surface area contributed by atoms with Crippen LogP contribution in [0, 0.1) is 6.92 Å². The summed E-state index contributed by atoms with van der Waals surface area (Å²) < 4.78 is 0. The van der Waals surface area contributed by atoms with Gasteiger partial charge in [-0.05, 0) is 20.2 Å². The van der Waals surface area contributed by atoms with Gasteiger partial charge in [-0.2, -0.15) is 11.8 Å². The van der Waals surface area contributed by atoms with Crippen LogP contribution in [0.1, 0.15) is 22.3 Å². The first-order chi connectivity index (χ1) is 8.13. The third kappa shape index (κ3) is 5.37. The summed E-state index contributed by atoms with van der Waals surface area (Å²) in [5.41, 5.74) is 2.02. The van der Waals surface area contributed by atoms with Crippen molar-refractivity contribution in [1.29, 1.82) is 0 Å². The minimum absolute atomic E-state index is 0.237. The van der Waals surface area contributed by atoms with E-state index in [0.29, 0.717) is 6.42 Å². The van der Waals surface area contributed by atoms with E-state index in [1.54, 1.807) is 0 Å². The maximum absolute atomic E-state index is 11.9. The van der Waals surface area contributed by atoms with Gasteiger partial charge in [0, 0.05) is 30.8 Å². The fraction of sp³-hybridized carbons (Fsp3) is 0.500. The van der Waals surface area contributed by atoms with E-state index < -0.39 is 0 Å². The van der Waals surface area contributed by atoms with E-state index in [2.05, 4.69) is 18.2 Å². The molecule has 1 rings (SSSR count). The summed E-state index contributed by atoms with van der Waals surface area (Å²) in [6.45, 7) is 3.92. The largest absolute Gasteiger partial charge is 0.305 e. The highest BCUT2D eigenvalue weighted by atomic mass is 32.2. The molecule has 0 heterocycles. The topological polar surface area (TPSA) is 20.3 Å². The molecule has 1 aromatic carbocycles. The fourth-order valence-corrected chi connectivity index (χ4v) is 2.03. The highest BCUT2D eigenvalue weighted by Crippen LogP contribution is 2.06. The number of carbonyl (C=O) groups is 1. The molecule has 0 aromatic heterocycles. The molecule has 0 fully saturated rings. The summed E-state index contributed by atoms with van der Waals surface area (Å²) in [5, 5.41) is 0. The van der Waals surface area contributed by atoms with E-state index in [-0.39, 0.29) is 5.78 Å². The molecule has 0 spiro atoms. The number of ketones is 1. The first kappa shape index (κ1) is 14.3. The van der Waals surface area contributed by atoms with Crippen molar-refractivity contribution in [2.45, 2.75) is 13.3 Å². The molecular formula is C14H21NOS. The maximum atomic E-state index is 11.9. The second-order valence-electron chi connectivity index (χ2n) is 4.34. The molecule has 17 heavy (non-hydrogen) atoms. The zero-order chi connectivity index (χ0) is 12.7.